The molecule has 3 heteroatoms. The lowest BCUT2D eigenvalue weighted by molar-refractivity contribution is 0.103. The summed E-state index contributed by atoms with van der Waals surface area (Å²) in [6.45, 7) is 2.25. The van der Waals surface area contributed by atoms with Crippen LogP contribution in [0, 0.1) is 12.7 Å². The second-order valence-electron chi connectivity index (χ2n) is 4.21. The van der Waals surface area contributed by atoms with E-state index in [0.717, 1.165) is 11.1 Å². The minimum atomic E-state index is -0.492. The molecular weight excluding hydrogens is 229 g/mol. The topological polar surface area (TPSA) is 43.1 Å². The van der Waals surface area contributed by atoms with Crippen LogP contribution < -0.4 is 5.73 Å². The Morgan fingerprint density at radius 1 is 1.17 bits per heavy atom. The number of rotatable bonds is 3. The number of aryl methyl sites for hydroxylation is 1. The van der Waals surface area contributed by atoms with Crippen molar-refractivity contribution in [3.05, 3.63) is 70.5 Å². The molecule has 0 spiro atoms. The summed E-state index contributed by atoms with van der Waals surface area (Å²) in [5.74, 6) is -0.798. The summed E-state index contributed by atoms with van der Waals surface area (Å²) < 4.78 is 13.6. The van der Waals surface area contributed by atoms with E-state index in [1.807, 2.05) is 6.92 Å². The molecular formula is C15H14FNO. The maximum absolute atomic E-state index is 13.6. The van der Waals surface area contributed by atoms with E-state index >= 15 is 0 Å². The third-order valence-corrected chi connectivity index (χ3v) is 2.82. The molecule has 0 unspecified atom stereocenters. The number of benzene rings is 2. The van der Waals surface area contributed by atoms with Gasteiger partial charge in [0.05, 0.1) is 5.56 Å². The predicted octanol–water partition coefficient (Wildman–Crippen LogP) is 2.82. The highest BCUT2D eigenvalue weighted by atomic mass is 19.1. The van der Waals surface area contributed by atoms with Gasteiger partial charge in [0.2, 0.25) is 0 Å². The van der Waals surface area contributed by atoms with Crippen molar-refractivity contribution in [1.29, 1.82) is 0 Å². The fourth-order valence-electron chi connectivity index (χ4n) is 1.76. The summed E-state index contributed by atoms with van der Waals surface area (Å²) in [5.41, 5.74) is 7.86. The standard InChI is InChI=1S/C15H14FNO/c1-10-2-7-14(16)13(8-10)15(18)12-5-3-11(9-17)4-6-12/h2-8H,9,17H2,1H3. The van der Waals surface area contributed by atoms with E-state index in [1.165, 1.54) is 6.07 Å². The highest BCUT2D eigenvalue weighted by Gasteiger charge is 2.13. The molecule has 2 aromatic carbocycles. The Balaban J connectivity index is 2.38. The minimum absolute atomic E-state index is 0.107. The first-order chi connectivity index (χ1) is 8.61. The first-order valence-electron chi connectivity index (χ1n) is 5.71. The van der Waals surface area contributed by atoms with E-state index in [9.17, 15) is 9.18 Å². The molecule has 0 aliphatic rings. The summed E-state index contributed by atoms with van der Waals surface area (Å²) in [6, 6.07) is 11.4. The van der Waals surface area contributed by atoms with Gasteiger partial charge in [0, 0.05) is 12.1 Å². The monoisotopic (exact) mass is 243 g/mol. The highest BCUT2D eigenvalue weighted by Crippen LogP contribution is 2.16. The van der Waals surface area contributed by atoms with E-state index in [4.69, 9.17) is 5.73 Å². The van der Waals surface area contributed by atoms with Crippen LogP contribution in [0.4, 0.5) is 4.39 Å². The number of hydrogen-bond acceptors (Lipinski definition) is 2. The molecule has 2 nitrogen and oxygen atoms in total. The average molecular weight is 243 g/mol. The van der Waals surface area contributed by atoms with Gasteiger partial charge >= 0.3 is 0 Å². The molecule has 92 valence electrons. The number of ketones is 1. The second kappa shape index (κ2) is 5.10. The van der Waals surface area contributed by atoms with Crippen LogP contribution >= 0.6 is 0 Å². The summed E-state index contributed by atoms with van der Waals surface area (Å²) in [4.78, 5) is 12.1. The average Bonchev–Trinajstić information content (AvgIpc) is 2.41. The van der Waals surface area contributed by atoms with Gasteiger partial charge in [-0.05, 0) is 24.6 Å². The number of carbonyl (C=O) groups excluding carboxylic acids is 1. The molecule has 0 fully saturated rings. The lowest BCUT2D eigenvalue weighted by atomic mass is 10.00. The smallest absolute Gasteiger partial charge is 0.195 e. The van der Waals surface area contributed by atoms with Crippen molar-refractivity contribution in [2.45, 2.75) is 13.5 Å². The molecule has 0 aliphatic heterocycles. The molecule has 0 atom stereocenters. The molecule has 2 rings (SSSR count). The van der Waals surface area contributed by atoms with Crippen molar-refractivity contribution in [2.24, 2.45) is 5.73 Å². The molecule has 0 saturated carbocycles. The van der Waals surface area contributed by atoms with Crippen LogP contribution in [-0.2, 0) is 6.54 Å². The minimum Gasteiger partial charge on any atom is -0.326 e. The van der Waals surface area contributed by atoms with Gasteiger partial charge in [-0.25, -0.2) is 4.39 Å². The zero-order chi connectivity index (χ0) is 13.1. The third kappa shape index (κ3) is 2.46. The predicted molar refractivity (Wildman–Crippen MR) is 68.9 cm³/mol. The van der Waals surface area contributed by atoms with Crippen LogP contribution in [0.1, 0.15) is 27.0 Å². The molecule has 0 aliphatic carbocycles. The lowest BCUT2D eigenvalue weighted by Crippen LogP contribution is -2.05. The fourth-order valence-corrected chi connectivity index (χ4v) is 1.76. The summed E-state index contributed by atoms with van der Waals surface area (Å²) >= 11 is 0. The van der Waals surface area contributed by atoms with Gasteiger partial charge in [-0.1, -0.05) is 35.9 Å². The zero-order valence-corrected chi connectivity index (χ0v) is 10.1. The Labute approximate surface area is 105 Å². The fraction of sp³-hybridized carbons (Fsp3) is 0.133. The Hall–Kier alpha value is -2.00. The summed E-state index contributed by atoms with van der Waals surface area (Å²) in [7, 11) is 0. The molecule has 2 N–H and O–H groups in total. The Morgan fingerprint density at radius 3 is 2.44 bits per heavy atom. The quantitative estimate of drug-likeness (QED) is 0.842. The Bertz CT molecular complexity index is 576. The summed E-state index contributed by atoms with van der Waals surface area (Å²) in [6.07, 6.45) is 0. The van der Waals surface area contributed by atoms with Gasteiger partial charge in [0.1, 0.15) is 5.82 Å². The van der Waals surface area contributed by atoms with Gasteiger partial charge < -0.3 is 5.73 Å². The van der Waals surface area contributed by atoms with Crippen LogP contribution in [0.5, 0.6) is 0 Å². The van der Waals surface area contributed by atoms with Crippen molar-refractivity contribution in [3.8, 4) is 0 Å². The van der Waals surface area contributed by atoms with Crippen LogP contribution in [-0.4, -0.2) is 5.78 Å². The van der Waals surface area contributed by atoms with Crippen LogP contribution in [0.3, 0.4) is 0 Å². The lowest BCUT2D eigenvalue weighted by Gasteiger charge is -2.05. The van der Waals surface area contributed by atoms with Crippen molar-refractivity contribution >= 4 is 5.78 Å². The van der Waals surface area contributed by atoms with Crippen molar-refractivity contribution in [3.63, 3.8) is 0 Å². The number of nitrogens with two attached hydrogens (primary N) is 1. The van der Waals surface area contributed by atoms with Crippen LogP contribution in [0.2, 0.25) is 0 Å². The van der Waals surface area contributed by atoms with E-state index in [-0.39, 0.29) is 11.3 Å². The molecule has 0 amide bonds. The van der Waals surface area contributed by atoms with Crippen LogP contribution in [0.15, 0.2) is 42.5 Å². The molecule has 0 heterocycles. The van der Waals surface area contributed by atoms with Crippen LogP contribution in [0.25, 0.3) is 0 Å². The molecule has 0 radical (unpaired) electrons. The second-order valence-corrected chi connectivity index (χ2v) is 4.21. The summed E-state index contributed by atoms with van der Waals surface area (Å²) in [5, 5.41) is 0. The SMILES string of the molecule is Cc1ccc(F)c(C(=O)c2ccc(CN)cc2)c1. The molecule has 0 aromatic heterocycles. The van der Waals surface area contributed by atoms with Gasteiger partial charge in [0.25, 0.3) is 0 Å². The maximum atomic E-state index is 13.6. The van der Waals surface area contributed by atoms with Gasteiger partial charge in [0.15, 0.2) is 5.78 Å². The van der Waals surface area contributed by atoms with Gasteiger partial charge in [-0.2, -0.15) is 0 Å². The zero-order valence-electron chi connectivity index (χ0n) is 10.1. The molecule has 0 bridgehead atoms. The van der Waals surface area contributed by atoms with Crippen molar-refractivity contribution < 1.29 is 9.18 Å². The van der Waals surface area contributed by atoms with E-state index in [1.54, 1.807) is 36.4 Å². The first kappa shape index (κ1) is 12.5. The number of carbonyl (C=O) groups is 1. The normalized spacial score (nSPS) is 10.4. The van der Waals surface area contributed by atoms with Gasteiger partial charge in [-0.15, -0.1) is 0 Å². The molecule has 0 saturated heterocycles. The van der Waals surface area contributed by atoms with E-state index in [0.29, 0.717) is 12.1 Å². The maximum Gasteiger partial charge on any atom is 0.195 e. The van der Waals surface area contributed by atoms with E-state index < -0.39 is 5.82 Å². The third-order valence-electron chi connectivity index (χ3n) is 2.82. The largest absolute Gasteiger partial charge is 0.326 e. The van der Waals surface area contributed by atoms with Gasteiger partial charge in [-0.3, -0.25) is 4.79 Å². The number of hydrogen-bond donors (Lipinski definition) is 1. The first-order valence-corrected chi connectivity index (χ1v) is 5.71. The Kier molecular flexibility index (Phi) is 3.53. The Morgan fingerprint density at radius 2 is 1.83 bits per heavy atom. The highest BCUT2D eigenvalue weighted by molar-refractivity contribution is 6.09. The van der Waals surface area contributed by atoms with Crippen molar-refractivity contribution in [1.82, 2.24) is 0 Å². The van der Waals surface area contributed by atoms with E-state index in [2.05, 4.69) is 0 Å². The molecule has 2 aromatic rings. The number of halogens is 1. The molecule has 18 heavy (non-hydrogen) atoms. The van der Waals surface area contributed by atoms with Crippen molar-refractivity contribution in [2.75, 3.05) is 0 Å².